The molecule has 0 N–H and O–H groups in total. The maximum absolute atomic E-state index is 12.5. The van der Waals surface area contributed by atoms with Crippen LogP contribution in [0.15, 0.2) is 78.9 Å². The van der Waals surface area contributed by atoms with Crippen molar-refractivity contribution in [2.75, 3.05) is 0 Å². The van der Waals surface area contributed by atoms with E-state index in [2.05, 4.69) is 19.1 Å². The molecule has 0 atom stereocenters. The van der Waals surface area contributed by atoms with Crippen molar-refractivity contribution in [2.24, 2.45) is 0 Å². The standard InChI is InChI=1S/C8H9F.C8H8O.C7H8/c1-6-3-4-8(9)7(2)5-6;1-7(9)8-5-3-2-4-6-8;1-7-5-3-2-4-6-7/h3-5H,1-2H3;2-6H,1H3;2-6H,1H3. The van der Waals surface area contributed by atoms with Gasteiger partial charge in [0, 0.05) is 5.56 Å². The molecular formula is C23H25FO. The minimum Gasteiger partial charge on any atom is -0.295 e. The van der Waals surface area contributed by atoms with Gasteiger partial charge in [-0.05, 0) is 39.3 Å². The van der Waals surface area contributed by atoms with Crippen LogP contribution in [0.25, 0.3) is 0 Å². The SMILES string of the molecule is CC(=O)c1ccccc1.Cc1ccc(F)c(C)c1.Cc1ccccc1. The van der Waals surface area contributed by atoms with Crippen molar-refractivity contribution in [3.63, 3.8) is 0 Å². The minimum absolute atomic E-state index is 0.121. The van der Waals surface area contributed by atoms with E-state index in [4.69, 9.17) is 0 Å². The molecule has 0 spiro atoms. The van der Waals surface area contributed by atoms with Crippen LogP contribution in [0.1, 0.15) is 34.0 Å². The number of Topliss-reactive ketones (excluding diaryl/α,β-unsaturated/α-hetero) is 1. The summed E-state index contributed by atoms with van der Waals surface area (Å²) in [6.45, 7) is 7.37. The Bertz CT molecular complexity index is 765. The third kappa shape index (κ3) is 8.61. The van der Waals surface area contributed by atoms with Crippen molar-refractivity contribution >= 4 is 5.78 Å². The predicted octanol–water partition coefficient (Wildman–Crippen LogP) is 6.33. The largest absolute Gasteiger partial charge is 0.295 e. The van der Waals surface area contributed by atoms with Crippen molar-refractivity contribution in [1.29, 1.82) is 0 Å². The molecule has 0 aromatic heterocycles. The maximum atomic E-state index is 12.5. The molecule has 0 amide bonds. The molecule has 2 heteroatoms. The zero-order valence-electron chi connectivity index (χ0n) is 15.3. The first-order chi connectivity index (χ1) is 11.9. The zero-order chi connectivity index (χ0) is 18.7. The van der Waals surface area contributed by atoms with Crippen molar-refractivity contribution in [1.82, 2.24) is 0 Å². The summed E-state index contributed by atoms with van der Waals surface area (Å²) in [5.74, 6) is -0.00352. The topological polar surface area (TPSA) is 17.1 Å². The van der Waals surface area contributed by atoms with Crippen LogP contribution in [-0.4, -0.2) is 5.78 Å². The van der Waals surface area contributed by atoms with Crippen molar-refractivity contribution in [3.8, 4) is 0 Å². The van der Waals surface area contributed by atoms with Crippen molar-refractivity contribution in [3.05, 3.63) is 107 Å². The first-order valence-electron chi connectivity index (χ1n) is 8.20. The van der Waals surface area contributed by atoms with Gasteiger partial charge in [0.2, 0.25) is 0 Å². The zero-order valence-corrected chi connectivity index (χ0v) is 15.3. The van der Waals surface area contributed by atoms with E-state index in [0.29, 0.717) is 0 Å². The lowest BCUT2D eigenvalue weighted by molar-refractivity contribution is 0.101. The fourth-order valence-corrected chi connectivity index (χ4v) is 2.00. The molecule has 3 rings (SSSR count). The third-order valence-corrected chi connectivity index (χ3v) is 3.43. The fraction of sp³-hybridized carbons (Fsp3) is 0.174. The Labute approximate surface area is 150 Å². The van der Waals surface area contributed by atoms with Gasteiger partial charge in [-0.1, -0.05) is 83.9 Å². The van der Waals surface area contributed by atoms with Gasteiger partial charge in [0.25, 0.3) is 0 Å². The Morgan fingerprint density at radius 3 is 1.56 bits per heavy atom. The van der Waals surface area contributed by atoms with Crippen LogP contribution in [0.5, 0.6) is 0 Å². The lowest BCUT2D eigenvalue weighted by Gasteiger charge is -1.95. The first-order valence-corrected chi connectivity index (χ1v) is 8.20. The van der Waals surface area contributed by atoms with Gasteiger partial charge < -0.3 is 0 Å². The summed E-state index contributed by atoms with van der Waals surface area (Å²) >= 11 is 0. The quantitative estimate of drug-likeness (QED) is 0.475. The predicted molar refractivity (Wildman–Crippen MR) is 103 cm³/mol. The highest BCUT2D eigenvalue weighted by Gasteiger charge is 1.93. The summed E-state index contributed by atoms with van der Waals surface area (Å²) in [6, 6.07) is 24.6. The molecule has 0 radical (unpaired) electrons. The van der Waals surface area contributed by atoms with Gasteiger partial charge in [0.1, 0.15) is 5.82 Å². The highest BCUT2D eigenvalue weighted by atomic mass is 19.1. The second-order valence-corrected chi connectivity index (χ2v) is 5.83. The van der Waals surface area contributed by atoms with E-state index in [-0.39, 0.29) is 11.6 Å². The van der Waals surface area contributed by atoms with E-state index in [0.717, 1.165) is 16.7 Å². The number of ketones is 1. The van der Waals surface area contributed by atoms with Crippen LogP contribution >= 0.6 is 0 Å². The van der Waals surface area contributed by atoms with Crippen LogP contribution in [0.2, 0.25) is 0 Å². The molecule has 0 aliphatic carbocycles. The molecule has 0 unspecified atom stereocenters. The molecule has 3 aromatic rings. The van der Waals surface area contributed by atoms with Crippen LogP contribution in [0, 0.1) is 26.6 Å². The molecule has 1 nitrogen and oxygen atoms in total. The molecule has 0 heterocycles. The number of carbonyl (C=O) groups is 1. The molecule has 130 valence electrons. The lowest BCUT2D eigenvalue weighted by atomic mass is 10.1. The van der Waals surface area contributed by atoms with Gasteiger partial charge in [-0.25, -0.2) is 4.39 Å². The highest BCUT2D eigenvalue weighted by Crippen LogP contribution is 2.07. The summed E-state index contributed by atoms with van der Waals surface area (Å²) in [6.07, 6.45) is 0. The molecule has 3 aromatic carbocycles. The lowest BCUT2D eigenvalue weighted by Crippen LogP contribution is -1.88. The average Bonchev–Trinajstić information content (AvgIpc) is 2.61. The minimum atomic E-state index is -0.124. The van der Waals surface area contributed by atoms with E-state index in [1.165, 1.54) is 11.6 Å². The van der Waals surface area contributed by atoms with Gasteiger partial charge in [-0.3, -0.25) is 4.79 Å². The van der Waals surface area contributed by atoms with Gasteiger partial charge in [0.15, 0.2) is 5.78 Å². The van der Waals surface area contributed by atoms with Crippen LogP contribution < -0.4 is 0 Å². The first kappa shape index (κ1) is 20.3. The van der Waals surface area contributed by atoms with Gasteiger partial charge in [-0.15, -0.1) is 0 Å². The maximum Gasteiger partial charge on any atom is 0.159 e. The summed E-state index contributed by atoms with van der Waals surface area (Å²) < 4.78 is 12.5. The monoisotopic (exact) mass is 336 g/mol. The van der Waals surface area contributed by atoms with E-state index in [9.17, 15) is 9.18 Å². The number of carbonyl (C=O) groups excluding carboxylic acids is 1. The number of rotatable bonds is 1. The third-order valence-electron chi connectivity index (χ3n) is 3.43. The highest BCUT2D eigenvalue weighted by molar-refractivity contribution is 5.93. The molecule has 0 bridgehead atoms. The van der Waals surface area contributed by atoms with Crippen LogP contribution in [-0.2, 0) is 0 Å². The number of hydrogen-bond donors (Lipinski definition) is 0. The molecule has 0 aliphatic rings. The van der Waals surface area contributed by atoms with Crippen molar-refractivity contribution in [2.45, 2.75) is 27.7 Å². The second kappa shape index (κ2) is 10.9. The van der Waals surface area contributed by atoms with E-state index in [1.807, 2.05) is 61.5 Å². The Kier molecular flexibility index (Phi) is 8.87. The average molecular weight is 336 g/mol. The molecule has 0 saturated carbocycles. The summed E-state index contributed by atoms with van der Waals surface area (Å²) in [5.41, 5.74) is 3.92. The van der Waals surface area contributed by atoms with Gasteiger partial charge >= 0.3 is 0 Å². The fourth-order valence-electron chi connectivity index (χ4n) is 2.00. The van der Waals surface area contributed by atoms with Gasteiger partial charge in [0.05, 0.1) is 0 Å². The molecule has 0 fully saturated rings. The Morgan fingerprint density at radius 2 is 1.24 bits per heavy atom. The number of halogens is 1. The van der Waals surface area contributed by atoms with Crippen LogP contribution in [0.4, 0.5) is 4.39 Å². The van der Waals surface area contributed by atoms with E-state index >= 15 is 0 Å². The van der Waals surface area contributed by atoms with Crippen molar-refractivity contribution < 1.29 is 9.18 Å². The Hall–Kier alpha value is -2.74. The number of benzene rings is 3. The summed E-state index contributed by atoms with van der Waals surface area (Å²) in [5, 5.41) is 0. The smallest absolute Gasteiger partial charge is 0.159 e. The summed E-state index contributed by atoms with van der Waals surface area (Å²) in [4.78, 5) is 10.6. The second-order valence-electron chi connectivity index (χ2n) is 5.83. The number of aryl methyl sites for hydroxylation is 3. The normalized spacial score (nSPS) is 9.16. The Morgan fingerprint density at radius 1 is 0.720 bits per heavy atom. The number of hydrogen-bond acceptors (Lipinski definition) is 1. The molecule has 25 heavy (non-hydrogen) atoms. The van der Waals surface area contributed by atoms with Crippen LogP contribution in [0.3, 0.4) is 0 Å². The molecule has 0 aliphatic heterocycles. The van der Waals surface area contributed by atoms with Gasteiger partial charge in [-0.2, -0.15) is 0 Å². The van der Waals surface area contributed by atoms with E-state index < -0.39 is 0 Å². The Balaban J connectivity index is 0.000000189. The summed E-state index contributed by atoms with van der Waals surface area (Å²) in [7, 11) is 0. The van der Waals surface area contributed by atoms with E-state index in [1.54, 1.807) is 19.9 Å². The molecular weight excluding hydrogens is 311 g/mol. The molecule has 0 saturated heterocycles.